The van der Waals surface area contributed by atoms with Gasteiger partial charge in [-0.3, -0.25) is 9.89 Å². The van der Waals surface area contributed by atoms with Crippen LogP contribution in [-0.2, 0) is 5.41 Å². The predicted molar refractivity (Wildman–Crippen MR) is 141 cm³/mol. The lowest BCUT2D eigenvalue weighted by Gasteiger charge is -2.32. The number of benzene rings is 1. The Morgan fingerprint density at radius 3 is 2.42 bits per heavy atom. The molecule has 2 fully saturated rings. The molecule has 1 aromatic carbocycles. The quantitative estimate of drug-likeness (QED) is 0.442. The van der Waals surface area contributed by atoms with Crippen LogP contribution in [0.3, 0.4) is 0 Å². The minimum Gasteiger partial charge on any atom is -0.349 e. The van der Waals surface area contributed by atoms with E-state index >= 15 is 0 Å². The Morgan fingerprint density at radius 1 is 1.06 bits per heavy atom. The van der Waals surface area contributed by atoms with Crippen molar-refractivity contribution in [1.82, 2.24) is 35.4 Å². The number of nitrogens with one attached hydrogen (secondary N) is 3. The Labute approximate surface area is 215 Å². The fourth-order valence-electron chi connectivity index (χ4n) is 3.76. The molecule has 0 unspecified atom stereocenters. The summed E-state index contributed by atoms with van der Waals surface area (Å²) in [7, 11) is 2.12. The van der Waals surface area contributed by atoms with Gasteiger partial charge in [-0.05, 0) is 55.9 Å². The number of anilines is 3. The molecule has 1 saturated carbocycles. The van der Waals surface area contributed by atoms with Gasteiger partial charge in [-0.25, -0.2) is 0 Å². The third kappa shape index (κ3) is 6.14. The van der Waals surface area contributed by atoms with Crippen molar-refractivity contribution in [2.75, 3.05) is 43.4 Å². The van der Waals surface area contributed by atoms with Crippen LogP contribution in [0.4, 0.5) is 17.7 Å². The molecule has 10 nitrogen and oxygen atoms in total. The molecule has 2 aromatic heterocycles. The van der Waals surface area contributed by atoms with Gasteiger partial charge in [0, 0.05) is 59.9 Å². The number of aromatic nitrogens is 5. The summed E-state index contributed by atoms with van der Waals surface area (Å²) < 4.78 is 0. The van der Waals surface area contributed by atoms with Crippen molar-refractivity contribution in [1.29, 1.82) is 0 Å². The predicted octanol–water partition coefficient (Wildman–Crippen LogP) is 3.43. The molecule has 1 amide bonds. The third-order valence-corrected chi connectivity index (χ3v) is 7.13. The molecule has 0 atom stereocenters. The van der Waals surface area contributed by atoms with Crippen molar-refractivity contribution in [3.05, 3.63) is 41.6 Å². The van der Waals surface area contributed by atoms with Gasteiger partial charge in [0.1, 0.15) is 0 Å². The van der Waals surface area contributed by atoms with Crippen LogP contribution in [0.2, 0.25) is 0 Å². The third-order valence-electron chi connectivity index (χ3n) is 6.25. The molecule has 1 aliphatic carbocycles. The second-order valence-electron chi connectivity index (χ2n) is 10.4. The van der Waals surface area contributed by atoms with E-state index in [1.54, 1.807) is 0 Å². The number of H-pyrrole nitrogens is 1. The first-order valence-corrected chi connectivity index (χ1v) is 13.2. The van der Waals surface area contributed by atoms with Gasteiger partial charge in [0.2, 0.25) is 11.9 Å². The highest BCUT2D eigenvalue weighted by Gasteiger charge is 2.24. The van der Waals surface area contributed by atoms with Crippen molar-refractivity contribution < 1.29 is 4.79 Å². The van der Waals surface area contributed by atoms with Gasteiger partial charge in [0.25, 0.3) is 5.91 Å². The fraction of sp³-hybridized carbons (Fsp3) is 0.480. The highest BCUT2D eigenvalue weighted by molar-refractivity contribution is 7.99. The summed E-state index contributed by atoms with van der Waals surface area (Å²) in [6.45, 7) is 10.0. The lowest BCUT2D eigenvalue weighted by Crippen LogP contribution is -2.45. The maximum atomic E-state index is 12.3. The lowest BCUT2D eigenvalue weighted by atomic mass is 9.92. The van der Waals surface area contributed by atoms with Crippen LogP contribution in [0.5, 0.6) is 0 Å². The van der Waals surface area contributed by atoms with Gasteiger partial charge in [0.15, 0.2) is 11.0 Å². The van der Waals surface area contributed by atoms with Crippen molar-refractivity contribution in [3.63, 3.8) is 0 Å². The van der Waals surface area contributed by atoms with Gasteiger partial charge in [-0.15, -0.1) is 0 Å². The first kappa shape index (κ1) is 24.5. The van der Waals surface area contributed by atoms with Crippen LogP contribution in [-0.4, -0.2) is 75.2 Å². The number of nitrogens with zero attached hydrogens (tertiary/aromatic N) is 6. The number of likely N-dealkylation sites (N-methyl/N-ethyl adjacent to an activating group) is 1. The number of rotatable bonds is 7. The molecule has 2 aliphatic rings. The zero-order valence-corrected chi connectivity index (χ0v) is 22.0. The first-order chi connectivity index (χ1) is 17.2. The summed E-state index contributed by atoms with van der Waals surface area (Å²) in [5.41, 5.74) is 1.65. The van der Waals surface area contributed by atoms with E-state index in [4.69, 9.17) is 9.97 Å². The van der Waals surface area contributed by atoms with E-state index in [0.29, 0.717) is 34.5 Å². The van der Waals surface area contributed by atoms with Crippen LogP contribution >= 0.6 is 11.8 Å². The van der Waals surface area contributed by atoms with Crippen LogP contribution in [0.15, 0.2) is 40.4 Å². The molecule has 0 spiro atoms. The molecule has 11 heteroatoms. The lowest BCUT2D eigenvalue weighted by molar-refractivity contribution is 0.0951. The summed E-state index contributed by atoms with van der Waals surface area (Å²) in [5.74, 6) is 1.74. The SMILES string of the molecule is CN1CCN(c2nc(Nc3cc(C(C)(C)C)[nH]n3)nc(Sc3ccc(C(=O)NC4CC4)cc3)n2)CC1. The van der Waals surface area contributed by atoms with E-state index in [0.717, 1.165) is 49.6 Å². The van der Waals surface area contributed by atoms with Crippen molar-refractivity contribution in [2.24, 2.45) is 0 Å². The fourth-order valence-corrected chi connectivity index (χ4v) is 4.50. The number of carbonyl (C=O) groups is 1. The number of hydrogen-bond acceptors (Lipinski definition) is 9. The highest BCUT2D eigenvalue weighted by Crippen LogP contribution is 2.29. The second kappa shape index (κ2) is 10.1. The van der Waals surface area contributed by atoms with E-state index in [-0.39, 0.29) is 11.3 Å². The van der Waals surface area contributed by atoms with E-state index in [1.165, 1.54) is 11.8 Å². The minimum atomic E-state index is -0.0419. The Morgan fingerprint density at radius 2 is 1.78 bits per heavy atom. The number of aromatic amines is 1. The molecule has 3 N–H and O–H groups in total. The average Bonchev–Trinajstić information content (AvgIpc) is 3.52. The minimum absolute atomic E-state index is 0.0216. The molecule has 5 rings (SSSR count). The molecule has 1 aliphatic heterocycles. The summed E-state index contributed by atoms with van der Waals surface area (Å²) in [4.78, 5) is 31.9. The van der Waals surface area contributed by atoms with Crippen LogP contribution < -0.4 is 15.5 Å². The molecule has 190 valence electrons. The van der Waals surface area contributed by atoms with E-state index < -0.39 is 0 Å². The van der Waals surface area contributed by atoms with E-state index in [1.807, 2.05) is 30.3 Å². The van der Waals surface area contributed by atoms with Gasteiger partial charge in [0.05, 0.1) is 0 Å². The summed E-state index contributed by atoms with van der Waals surface area (Å²) in [6.07, 6.45) is 2.14. The monoisotopic (exact) mass is 507 g/mol. The molecule has 0 bridgehead atoms. The van der Waals surface area contributed by atoms with Gasteiger partial charge >= 0.3 is 0 Å². The Hall–Kier alpha value is -3.18. The molecular formula is C25H33N9OS. The normalized spacial score (nSPS) is 16.7. The first-order valence-electron chi connectivity index (χ1n) is 12.3. The van der Waals surface area contributed by atoms with Gasteiger partial charge in [-0.1, -0.05) is 20.8 Å². The molecular weight excluding hydrogens is 474 g/mol. The van der Waals surface area contributed by atoms with E-state index in [2.05, 4.69) is 63.4 Å². The maximum Gasteiger partial charge on any atom is 0.251 e. The van der Waals surface area contributed by atoms with Crippen LogP contribution in [0, 0.1) is 0 Å². The summed E-state index contributed by atoms with van der Waals surface area (Å²) >= 11 is 1.45. The summed E-state index contributed by atoms with van der Waals surface area (Å²) in [6, 6.07) is 9.88. The second-order valence-corrected chi connectivity index (χ2v) is 11.5. The maximum absolute atomic E-state index is 12.3. The zero-order chi connectivity index (χ0) is 25.3. The number of amides is 1. The van der Waals surface area contributed by atoms with Crippen molar-refractivity contribution in [3.8, 4) is 0 Å². The Bertz CT molecular complexity index is 1210. The van der Waals surface area contributed by atoms with E-state index in [9.17, 15) is 4.79 Å². The molecule has 3 aromatic rings. The average molecular weight is 508 g/mol. The standard InChI is InChI=1S/C25H33N9OS/c1-25(2,3)19-15-20(32-31-19)27-22-28-23(34-13-11-33(4)12-14-34)30-24(29-22)36-18-9-5-16(6-10-18)21(35)26-17-7-8-17/h5-6,9-10,15,17H,7-8,11-14H2,1-4H3,(H,26,35)(H2,27,28,29,30,31,32). The zero-order valence-electron chi connectivity index (χ0n) is 21.2. The number of carbonyl (C=O) groups excluding carboxylic acids is 1. The Balaban J connectivity index is 1.37. The van der Waals surface area contributed by atoms with Gasteiger partial charge in [-0.2, -0.15) is 20.1 Å². The van der Waals surface area contributed by atoms with Crippen LogP contribution in [0.25, 0.3) is 0 Å². The largest absolute Gasteiger partial charge is 0.349 e. The van der Waals surface area contributed by atoms with Gasteiger partial charge < -0.3 is 20.4 Å². The summed E-state index contributed by atoms with van der Waals surface area (Å²) in [5, 5.41) is 14.3. The molecule has 36 heavy (non-hydrogen) atoms. The van der Waals surface area contributed by atoms with Crippen molar-refractivity contribution >= 4 is 35.4 Å². The molecule has 3 heterocycles. The molecule has 1 saturated heterocycles. The highest BCUT2D eigenvalue weighted by atomic mass is 32.2. The number of hydrogen-bond donors (Lipinski definition) is 3. The Kier molecular flexibility index (Phi) is 6.85. The van der Waals surface area contributed by atoms with Crippen molar-refractivity contribution in [2.45, 2.75) is 55.1 Å². The smallest absolute Gasteiger partial charge is 0.251 e. The van der Waals surface area contributed by atoms with Crippen LogP contribution in [0.1, 0.15) is 49.7 Å². The number of piperazine rings is 1. The topological polar surface area (TPSA) is 115 Å². The molecule has 0 radical (unpaired) electrons.